The van der Waals surface area contributed by atoms with E-state index in [0.29, 0.717) is 12.5 Å². The number of rotatable bonds is 6. The molecule has 0 fully saturated rings. The predicted octanol–water partition coefficient (Wildman–Crippen LogP) is 3.67. The average Bonchev–Trinajstić information content (AvgIpc) is 2.54. The lowest BCUT2D eigenvalue weighted by molar-refractivity contribution is -0.153. The summed E-state index contributed by atoms with van der Waals surface area (Å²) in [7, 11) is 0. The fourth-order valence-corrected chi connectivity index (χ4v) is 1.80. The lowest BCUT2D eigenvalue weighted by Crippen LogP contribution is -2.20. The number of alkyl halides is 3. The zero-order valence-electron chi connectivity index (χ0n) is 12.8. The maximum atomic E-state index is 12.3. The minimum Gasteiger partial charge on any atom is -0.482 e. The Morgan fingerprint density at radius 3 is 2.54 bits per heavy atom. The van der Waals surface area contributed by atoms with Crippen LogP contribution in [0.25, 0.3) is 0 Å². The minimum absolute atomic E-state index is 0.0675. The molecule has 128 valence electrons. The Morgan fingerprint density at radius 1 is 1.17 bits per heavy atom. The van der Waals surface area contributed by atoms with Crippen molar-refractivity contribution in [2.75, 3.05) is 18.5 Å². The Balaban J connectivity index is 2.08. The summed E-state index contributed by atoms with van der Waals surface area (Å²) in [6.45, 7) is 0.813. The van der Waals surface area contributed by atoms with E-state index in [9.17, 15) is 18.0 Å². The van der Waals surface area contributed by atoms with Crippen molar-refractivity contribution in [3.8, 4) is 11.6 Å². The zero-order valence-corrected chi connectivity index (χ0v) is 12.8. The van der Waals surface area contributed by atoms with Crippen LogP contribution in [-0.2, 0) is 0 Å². The summed E-state index contributed by atoms with van der Waals surface area (Å²) in [6, 6.07) is 8.92. The van der Waals surface area contributed by atoms with Gasteiger partial charge in [0, 0.05) is 12.3 Å². The second kappa shape index (κ2) is 7.67. The van der Waals surface area contributed by atoms with Crippen LogP contribution in [0.2, 0.25) is 0 Å². The zero-order chi connectivity index (χ0) is 17.6. The first-order valence-corrected chi connectivity index (χ1v) is 7.08. The molecular formula is C16H15F3N2O3. The van der Waals surface area contributed by atoms with Gasteiger partial charge in [0.05, 0.1) is 17.9 Å². The van der Waals surface area contributed by atoms with Crippen molar-refractivity contribution < 1.29 is 27.4 Å². The topological polar surface area (TPSA) is 60.5 Å². The van der Waals surface area contributed by atoms with Crippen molar-refractivity contribution in [3.63, 3.8) is 0 Å². The lowest BCUT2D eigenvalue weighted by atomic mass is 10.2. The van der Waals surface area contributed by atoms with E-state index in [1.54, 1.807) is 13.0 Å². The number of hydrogen-bond donors (Lipinski definition) is 1. The highest BCUT2D eigenvalue weighted by Gasteiger charge is 2.28. The first-order chi connectivity index (χ1) is 11.4. The molecule has 0 aliphatic heterocycles. The summed E-state index contributed by atoms with van der Waals surface area (Å²) < 4.78 is 46.7. The molecule has 0 aliphatic rings. The number of nitrogens with zero attached hydrogens (tertiary/aromatic N) is 1. The molecule has 2 aromatic rings. The van der Waals surface area contributed by atoms with Crippen LogP contribution in [0.4, 0.5) is 18.9 Å². The van der Waals surface area contributed by atoms with Gasteiger partial charge in [-0.05, 0) is 25.1 Å². The van der Waals surface area contributed by atoms with Crippen molar-refractivity contribution in [3.05, 3.63) is 48.2 Å². The van der Waals surface area contributed by atoms with E-state index in [-0.39, 0.29) is 17.0 Å². The molecule has 0 bridgehead atoms. The van der Waals surface area contributed by atoms with Crippen LogP contribution in [0.5, 0.6) is 11.6 Å². The van der Waals surface area contributed by atoms with Crippen molar-refractivity contribution in [2.24, 2.45) is 0 Å². The average molecular weight is 340 g/mol. The van der Waals surface area contributed by atoms with Crippen LogP contribution in [0.15, 0.2) is 42.6 Å². The summed E-state index contributed by atoms with van der Waals surface area (Å²) >= 11 is 0. The highest BCUT2D eigenvalue weighted by Crippen LogP contribution is 2.26. The SMILES string of the molecule is CCOc1ccc(C(=O)Nc2ccccc2OCC(F)(F)F)cn1. The molecule has 1 aromatic carbocycles. The quantitative estimate of drug-likeness (QED) is 0.871. The van der Waals surface area contributed by atoms with E-state index < -0.39 is 18.7 Å². The van der Waals surface area contributed by atoms with Crippen LogP contribution < -0.4 is 14.8 Å². The summed E-state index contributed by atoms with van der Waals surface area (Å²) in [6.07, 6.45) is -3.14. The summed E-state index contributed by atoms with van der Waals surface area (Å²) in [5.41, 5.74) is 0.379. The van der Waals surface area contributed by atoms with E-state index in [2.05, 4.69) is 10.3 Å². The predicted molar refractivity (Wildman–Crippen MR) is 81.4 cm³/mol. The maximum absolute atomic E-state index is 12.3. The summed E-state index contributed by atoms with van der Waals surface area (Å²) in [5.74, 6) is -0.210. The molecule has 1 N–H and O–H groups in total. The third-order valence-corrected chi connectivity index (χ3v) is 2.82. The van der Waals surface area contributed by atoms with Crippen molar-refractivity contribution in [1.29, 1.82) is 0 Å². The number of carbonyl (C=O) groups excluding carboxylic acids is 1. The van der Waals surface area contributed by atoms with Crippen LogP contribution >= 0.6 is 0 Å². The van der Waals surface area contributed by atoms with Gasteiger partial charge < -0.3 is 14.8 Å². The van der Waals surface area contributed by atoms with Crippen molar-refractivity contribution in [1.82, 2.24) is 4.98 Å². The third kappa shape index (κ3) is 5.15. The molecule has 8 heteroatoms. The first kappa shape index (κ1) is 17.6. The number of amides is 1. The summed E-state index contributed by atoms with van der Waals surface area (Å²) in [4.78, 5) is 16.1. The van der Waals surface area contributed by atoms with Gasteiger partial charge in [-0.15, -0.1) is 0 Å². The van der Waals surface area contributed by atoms with Crippen LogP contribution in [0.1, 0.15) is 17.3 Å². The Labute approximate surface area is 136 Å². The van der Waals surface area contributed by atoms with Gasteiger partial charge in [-0.2, -0.15) is 13.2 Å². The molecule has 0 unspecified atom stereocenters. The van der Waals surface area contributed by atoms with E-state index in [0.717, 1.165) is 0 Å². The Bertz CT molecular complexity index is 688. The minimum atomic E-state index is -4.46. The highest BCUT2D eigenvalue weighted by molar-refractivity contribution is 6.04. The Kier molecular flexibility index (Phi) is 5.62. The first-order valence-electron chi connectivity index (χ1n) is 7.08. The highest BCUT2D eigenvalue weighted by atomic mass is 19.4. The number of carbonyl (C=O) groups is 1. The third-order valence-electron chi connectivity index (χ3n) is 2.82. The van der Waals surface area contributed by atoms with Crippen LogP contribution in [0, 0.1) is 0 Å². The number of pyridine rings is 1. The smallest absolute Gasteiger partial charge is 0.422 e. The van der Waals surface area contributed by atoms with Gasteiger partial charge in [-0.25, -0.2) is 4.98 Å². The normalized spacial score (nSPS) is 11.0. The molecule has 0 spiro atoms. The van der Waals surface area contributed by atoms with E-state index >= 15 is 0 Å². The molecule has 1 amide bonds. The molecule has 1 aromatic heterocycles. The molecule has 0 aliphatic carbocycles. The fourth-order valence-electron chi connectivity index (χ4n) is 1.80. The number of nitrogens with one attached hydrogen (secondary N) is 1. The Hall–Kier alpha value is -2.77. The number of benzene rings is 1. The number of hydrogen-bond acceptors (Lipinski definition) is 4. The number of para-hydroxylation sites is 2. The molecule has 2 rings (SSSR count). The van der Waals surface area contributed by atoms with Crippen LogP contribution in [-0.4, -0.2) is 30.3 Å². The molecular weight excluding hydrogens is 325 g/mol. The van der Waals surface area contributed by atoms with Gasteiger partial charge in [0.1, 0.15) is 5.75 Å². The summed E-state index contributed by atoms with van der Waals surface area (Å²) in [5, 5.41) is 2.50. The van der Waals surface area contributed by atoms with Gasteiger partial charge >= 0.3 is 6.18 Å². The molecule has 0 saturated heterocycles. The van der Waals surface area contributed by atoms with E-state index in [1.165, 1.54) is 36.5 Å². The lowest BCUT2D eigenvalue weighted by Gasteiger charge is -2.13. The number of anilines is 1. The standard InChI is InChI=1S/C16H15F3N2O3/c1-2-23-14-8-7-11(9-20-14)15(22)21-12-5-3-4-6-13(12)24-10-16(17,18)19/h3-9H,2,10H2,1H3,(H,21,22). The number of aromatic nitrogens is 1. The van der Waals surface area contributed by atoms with Gasteiger partial charge in [-0.3, -0.25) is 4.79 Å². The molecule has 0 atom stereocenters. The molecule has 0 saturated carbocycles. The monoisotopic (exact) mass is 340 g/mol. The number of halogens is 3. The maximum Gasteiger partial charge on any atom is 0.422 e. The Morgan fingerprint density at radius 2 is 1.92 bits per heavy atom. The second-order valence-corrected chi connectivity index (χ2v) is 4.67. The van der Waals surface area contributed by atoms with Gasteiger partial charge in [0.2, 0.25) is 5.88 Å². The fraction of sp³-hybridized carbons (Fsp3) is 0.250. The van der Waals surface area contributed by atoms with Gasteiger partial charge in [0.15, 0.2) is 6.61 Å². The molecule has 0 radical (unpaired) electrons. The van der Waals surface area contributed by atoms with E-state index in [1.807, 2.05) is 0 Å². The van der Waals surface area contributed by atoms with Crippen molar-refractivity contribution in [2.45, 2.75) is 13.1 Å². The molecule has 24 heavy (non-hydrogen) atoms. The van der Waals surface area contributed by atoms with Crippen molar-refractivity contribution >= 4 is 11.6 Å². The van der Waals surface area contributed by atoms with Crippen LogP contribution in [0.3, 0.4) is 0 Å². The largest absolute Gasteiger partial charge is 0.482 e. The van der Waals surface area contributed by atoms with Gasteiger partial charge in [-0.1, -0.05) is 12.1 Å². The second-order valence-electron chi connectivity index (χ2n) is 4.67. The molecule has 1 heterocycles. The van der Waals surface area contributed by atoms with E-state index in [4.69, 9.17) is 9.47 Å². The van der Waals surface area contributed by atoms with Gasteiger partial charge in [0.25, 0.3) is 5.91 Å². The number of ether oxygens (including phenoxy) is 2. The molecule has 5 nitrogen and oxygen atoms in total.